The van der Waals surface area contributed by atoms with Gasteiger partial charge in [-0.1, -0.05) is 336 Å². The zero-order valence-corrected chi connectivity index (χ0v) is 60.5. The molecule has 90 heavy (non-hydrogen) atoms. The van der Waals surface area contributed by atoms with Crippen LogP contribution in [-0.4, -0.2) is 74.9 Å². The quantitative estimate of drug-likeness (QED) is 0.0211. The fraction of sp³-hybridized carbons (Fsp3) is 0.775. The lowest BCUT2D eigenvalue weighted by molar-refractivity contribution is -0.870. The Morgan fingerprint density at radius 3 is 0.956 bits per heavy atom. The van der Waals surface area contributed by atoms with Crippen molar-refractivity contribution in [1.29, 1.82) is 0 Å². The molecule has 9 nitrogen and oxygen atoms in total. The zero-order valence-electron chi connectivity index (χ0n) is 59.6. The summed E-state index contributed by atoms with van der Waals surface area (Å²) in [5.41, 5.74) is 0. The van der Waals surface area contributed by atoms with E-state index in [0.717, 1.165) is 89.9 Å². The molecular formula is C80H145NO8P+. The van der Waals surface area contributed by atoms with Crippen LogP contribution in [0.2, 0.25) is 0 Å². The van der Waals surface area contributed by atoms with Gasteiger partial charge in [0, 0.05) is 12.8 Å². The number of likely N-dealkylation sites (N-methyl/N-ethyl adjacent to an activating group) is 1. The zero-order chi connectivity index (χ0) is 65.5. The van der Waals surface area contributed by atoms with E-state index in [-0.39, 0.29) is 32.0 Å². The van der Waals surface area contributed by atoms with Crippen molar-refractivity contribution in [3.8, 4) is 0 Å². The number of hydrogen-bond donors (Lipinski definition) is 1. The number of phosphoric acid groups is 1. The molecule has 2 unspecified atom stereocenters. The number of unbranched alkanes of at least 4 members (excludes halogenated alkanes) is 40. The van der Waals surface area contributed by atoms with Crippen LogP contribution in [0, 0.1) is 0 Å². The SMILES string of the molecule is CC/C=C\C/C=C\C/C=C\C/C=C\C/C=C\C/C=C\C/C=C\CCCCCCCCCCCCCC(=O)OC(COC(=O)CCCCCCCCCCCCCCCCCCCCCCC/C=C\CCCCCCCCCC)COP(=O)(O)OCC[N+](C)(C)C. The molecule has 0 amide bonds. The molecule has 0 heterocycles. The number of rotatable bonds is 70. The molecule has 1 N–H and O–H groups in total. The number of ether oxygens (including phenoxy) is 2. The van der Waals surface area contributed by atoms with Crippen molar-refractivity contribution in [3.05, 3.63) is 97.2 Å². The molecule has 522 valence electrons. The molecule has 0 aromatic carbocycles. The van der Waals surface area contributed by atoms with Gasteiger partial charge < -0.3 is 18.9 Å². The van der Waals surface area contributed by atoms with E-state index < -0.39 is 26.5 Å². The van der Waals surface area contributed by atoms with Crippen LogP contribution in [0.25, 0.3) is 0 Å². The van der Waals surface area contributed by atoms with Crippen LogP contribution in [0.15, 0.2) is 97.2 Å². The molecule has 0 aromatic heterocycles. The molecule has 0 aromatic rings. The van der Waals surface area contributed by atoms with Gasteiger partial charge in [-0.05, 0) is 96.3 Å². The summed E-state index contributed by atoms with van der Waals surface area (Å²) in [5, 5.41) is 0. The molecule has 0 saturated carbocycles. The third-order valence-electron chi connectivity index (χ3n) is 16.6. The number of nitrogens with zero attached hydrogens (tertiary/aromatic N) is 1. The van der Waals surface area contributed by atoms with Crippen molar-refractivity contribution in [2.24, 2.45) is 0 Å². The maximum absolute atomic E-state index is 12.9. The maximum Gasteiger partial charge on any atom is 0.472 e. The Balaban J connectivity index is 4.01. The summed E-state index contributed by atoms with van der Waals surface area (Å²) in [5.74, 6) is -0.790. The Bertz CT molecular complexity index is 1840. The van der Waals surface area contributed by atoms with Crippen LogP contribution >= 0.6 is 7.82 Å². The van der Waals surface area contributed by atoms with E-state index in [1.54, 1.807) is 0 Å². The number of quaternary nitrogens is 1. The van der Waals surface area contributed by atoms with Crippen LogP contribution in [0.5, 0.6) is 0 Å². The third kappa shape index (κ3) is 74.0. The van der Waals surface area contributed by atoms with Crippen LogP contribution < -0.4 is 0 Å². The number of esters is 2. The monoisotopic (exact) mass is 1280 g/mol. The summed E-state index contributed by atoms with van der Waals surface area (Å²) in [4.78, 5) is 35.9. The molecule has 0 rings (SSSR count). The van der Waals surface area contributed by atoms with Gasteiger partial charge >= 0.3 is 19.8 Å². The minimum absolute atomic E-state index is 0.0291. The van der Waals surface area contributed by atoms with Gasteiger partial charge in [0.25, 0.3) is 0 Å². The molecule has 0 radical (unpaired) electrons. The van der Waals surface area contributed by atoms with E-state index in [9.17, 15) is 19.0 Å². The van der Waals surface area contributed by atoms with Crippen molar-refractivity contribution in [1.82, 2.24) is 0 Å². The van der Waals surface area contributed by atoms with Gasteiger partial charge in [0.2, 0.25) is 0 Å². The molecule has 10 heteroatoms. The first-order valence-electron chi connectivity index (χ1n) is 38.0. The van der Waals surface area contributed by atoms with Gasteiger partial charge in [-0.2, -0.15) is 0 Å². The minimum Gasteiger partial charge on any atom is -0.462 e. The molecular weight excluding hydrogens is 1130 g/mol. The van der Waals surface area contributed by atoms with E-state index in [4.69, 9.17) is 18.5 Å². The first-order valence-corrected chi connectivity index (χ1v) is 39.5. The van der Waals surface area contributed by atoms with Gasteiger partial charge in [0.15, 0.2) is 6.10 Å². The lowest BCUT2D eigenvalue weighted by atomic mass is 10.0. The van der Waals surface area contributed by atoms with Gasteiger partial charge in [-0.15, -0.1) is 0 Å². The highest BCUT2D eigenvalue weighted by atomic mass is 31.2. The second-order valence-electron chi connectivity index (χ2n) is 26.7. The van der Waals surface area contributed by atoms with Crippen LogP contribution in [0.4, 0.5) is 0 Å². The van der Waals surface area contributed by atoms with Gasteiger partial charge in [0.1, 0.15) is 19.8 Å². The highest BCUT2D eigenvalue weighted by Crippen LogP contribution is 2.43. The second kappa shape index (κ2) is 70.3. The number of hydrogen-bond acceptors (Lipinski definition) is 7. The Labute approximate surface area is 557 Å². The lowest BCUT2D eigenvalue weighted by Crippen LogP contribution is -2.37. The Morgan fingerprint density at radius 2 is 0.633 bits per heavy atom. The van der Waals surface area contributed by atoms with E-state index in [1.165, 1.54) is 225 Å². The van der Waals surface area contributed by atoms with E-state index in [1.807, 2.05) is 21.1 Å². The summed E-state index contributed by atoms with van der Waals surface area (Å²) < 4.78 is 34.8. The summed E-state index contributed by atoms with van der Waals surface area (Å²) in [7, 11) is 1.48. The standard InChI is InChI=1S/C80H144NO8P/c1-6-8-10-12-14-16-18-20-22-24-26-28-30-32-34-36-38-40-42-44-46-48-50-52-54-56-58-60-62-64-66-68-70-72-79(82)86-76-78(77-88-90(84,85)87-75-74-81(3,4)5)89-80(83)73-71-69-67-65-63-61-59-57-55-53-51-49-47-45-43-41-39-37-35-33-31-29-27-25-23-21-19-17-15-13-11-9-7-2/h9,11,15,17,21,23-24,26-27,29,33,35,39,41,45,47,78H,6-8,10,12-14,16,18-20,22,25,28,30-32,34,36-38,40,42-44,46,48-77H2,1-5H3/p+1/b11-9-,17-15-,23-21-,26-24-,29-27-,35-33-,41-39-,47-45-. The number of allylic oxidation sites excluding steroid dienone is 16. The summed E-state index contributed by atoms with van der Waals surface area (Å²) in [6, 6.07) is 0. The van der Waals surface area contributed by atoms with Gasteiger partial charge in [-0.3, -0.25) is 18.6 Å². The fourth-order valence-electron chi connectivity index (χ4n) is 10.8. The first-order chi connectivity index (χ1) is 44.0. The Morgan fingerprint density at radius 1 is 0.356 bits per heavy atom. The highest BCUT2D eigenvalue weighted by Gasteiger charge is 2.27. The lowest BCUT2D eigenvalue weighted by Gasteiger charge is -2.24. The highest BCUT2D eigenvalue weighted by molar-refractivity contribution is 7.47. The topological polar surface area (TPSA) is 108 Å². The maximum atomic E-state index is 12.9. The third-order valence-corrected chi connectivity index (χ3v) is 17.6. The largest absolute Gasteiger partial charge is 0.472 e. The van der Waals surface area contributed by atoms with E-state index in [2.05, 4.69) is 111 Å². The Hall–Kier alpha value is -3.07. The van der Waals surface area contributed by atoms with E-state index in [0.29, 0.717) is 17.4 Å². The van der Waals surface area contributed by atoms with Gasteiger partial charge in [-0.25, -0.2) is 4.57 Å². The van der Waals surface area contributed by atoms with E-state index >= 15 is 0 Å². The molecule has 0 aliphatic rings. The molecule has 0 aliphatic heterocycles. The summed E-state index contributed by atoms with van der Waals surface area (Å²) >= 11 is 0. The second-order valence-corrected chi connectivity index (χ2v) is 28.1. The molecule has 0 saturated heterocycles. The number of phosphoric ester groups is 1. The molecule has 0 spiro atoms. The average Bonchev–Trinajstić information content (AvgIpc) is 3.58. The fourth-order valence-corrected chi connectivity index (χ4v) is 11.6. The molecule has 0 bridgehead atoms. The number of carbonyl (C=O) groups is 2. The van der Waals surface area contributed by atoms with Crippen molar-refractivity contribution in [2.75, 3.05) is 47.5 Å². The molecule has 0 fully saturated rings. The minimum atomic E-state index is -4.40. The van der Waals surface area contributed by atoms with Crippen molar-refractivity contribution < 1.29 is 42.1 Å². The van der Waals surface area contributed by atoms with Crippen molar-refractivity contribution in [2.45, 2.75) is 354 Å². The number of carbonyl (C=O) groups excluding carboxylic acids is 2. The van der Waals surface area contributed by atoms with Gasteiger partial charge in [0.05, 0.1) is 27.7 Å². The molecule has 0 aliphatic carbocycles. The normalized spacial score (nSPS) is 13.6. The predicted molar refractivity (Wildman–Crippen MR) is 390 cm³/mol. The summed E-state index contributed by atoms with van der Waals surface area (Å²) in [6.07, 6.45) is 98.2. The Kier molecular flexibility index (Phi) is 67.9. The first kappa shape index (κ1) is 86.9. The van der Waals surface area contributed by atoms with Crippen molar-refractivity contribution in [3.63, 3.8) is 0 Å². The van der Waals surface area contributed by atoms with Crippen LogP contribution in [0.3, 0.4) is 0 Å². The smallest absolute Gasteiger partial charge is 0.462 e. The van der Waals surface area contributed by atoms with Crippen LogP contribution in [-0.2, 0) is 32.7 Å². The van der Waals surface area contributed by atoms with Crippen molar-refractivity contribution >= 4 is 19.8 Å². The average molecular weight is 1280 g/mol. The molecule has 2 atom stereocenters. The van der Waals surface area contributed by atoms with Crippen LogP contribution in [0.1, 0.15) is 348 Å². The predicted octanol–water partition coefficient (Wildman–Crippen LogP) is 25.1. The summed E-state index contributed by atoms with van der Waals surface area (Å²) in [6.45, 7) is 4.36.